The van der Waals surface area contributed by atoms with E-state index >= 15 is 0 Å². The lowest BCUT2D eigenvalue weighted by atomic mass is 10.3. The molecule has 1 aliphatic heterocycles. The monoisotopic (exact) mass is 240 g/mol. The lowest BCUT2D eigenvalue weighted by molar-refractivity contribution is 0.157. The van der Waals surface area contributed by atoms with Crippen LogP contribution in [0.1, 0.15) is 19.4 Å². The van der Waals surface area contributed by atoms with E-state index in [0.29, 0.717) is 18.8 Å². The zero-order valence-electron chi connectivity index (χ0n) is 10.3. The third-order valence-electron chi connectivity index (χ3n) is 3.08. The minimum Gasteiger partial charge on any atom is -0.394 e. The number of rotatable bonds is 4. The van der Waals surface area contributed by atoms with Gasteiger partial charge in [-0.25, -0.2) is 4.68 Å². The number of β-amino-alcohol motifs (C(OH)–C–C–N with tert-alkyl or cyclic N) is 1. The fourth-order valence-electron chi connectivity index (χ4n) is 2.27. The second-order valence-electron chi connectivity index (χ2n) is 4.56. The van der Waals surface area contributed by atoms with Gasteiger partial charge in [-0.15, -0.1) is 0 Å². The van der Waals surface area contributed by atoms with Crippen molar-refractivity contribution in [2.24, 2.45) is 0 Å². The number of hydrogen-bond acceptors (Lipinski definition) is 5. The summed E-state index contributed by atoms with van der Waals surface area (Å²) in [6, 6.07) is 0.130. The number of methoxy groups -OCH3 is 1. The van der Waals surface area contributed by atoms with Gasteiger partial charge in [0.1, 0.15) is 0 Å². The Morgan fingerprint density at radius 2 is 2.47 bits per heavy atom. The van der Waals surface area contributed by atoms with Crippen molar-refractivity contribution in [3.8, 4) is 0 Å². The number of anilines is 2. The molecular formula is C11H20N4O2. The first-order valence-electron chi connectivity index (χ1n) is 5.88. The van der Waals surface area contributed by atoms with Gasteiger partial charge in [-0.3, -0.25) is 0 Å². The quantitative estimate of drug-likeness (QED) is 0.788. The van der Waals surface area contributed by atoms with Crippen LogP contribution in [0.25, 0.3) is 0 Å². The zero-order valence-corrected chi connectivity index (χ0v) is 10.3. The fraction of sp³-hybridized carbons (Fsp3) is 0.727. The fourth-order valence-corrected chi connectivity index (χ4v) is 2.27. The zero-order chi connectivity index (χ0) is 12.4. The number of aliphatic hydroxyl groups is 1. The summed E-state index contributed by atoms with van der Waals surface area (Å²) < 4.78 is 7.01. The number of nitrogens with two attached hydrogens (primary N) is 1. The summed E-state index contributed by atoms with van der Waals surface area (Å²) in [6.07, 6.45) is 2.17. The van der Waals surface area contributed by atoms with Crippen LogP contribution in [0.4, 0.5) is 11.5 Å². The summed E-state index contributed by atoms with van der Waals surface area (Å²) >= 11 is 0. The predicted octanol–water partition coefficient (Wildman–Crippen LogP) is 0.244. The van der Waals surface area contributed by atoms with Gasteiger partial charge in [0.2, 0.25) is 0 Å². The van der Waals surface area contributed by atoms with Gasteiger partial charge in [-0.1, -0.05) is 0 Å². The molecule has 2 heterocycles. The normalized spacial score (nSPS) is 22.1. The topological polar surface area (TPSA) is 76.5 Å². The molecule has 0 bridgehead atoms. The molecule has 2 atom stereocenters. The van der Waals surface area contributed by atoms with Gasteiger partial charge < -0.3 is 20.5 Å². The molecule has 3 N–H and O–H groups in total. The van der Waals surface area contributed by atoms with Crippen molar-refractivity contribution in [3.63, 3.8) is 0 Å². The van der Waals surface area contributed by atoms with Crippen LogP contribution < -0.4 is 10.6 Å². The van der Waals surface area contributed by atoms with Crippen molar-refractivity contribution in [2.75, 3.05) is 37.4 Å². The summed E-state index contributed by atoms with van der Waals surface area (Å²) in [5, 5.41) is 13.9. The molecule has 2 rings (SSSR count). The van der Waals surface area contributed by atoms with Crippen LogP contribution in [0.15, 0.2) is 6.20 Å². The molecule has 6 nitrogen and oxygen atoms in total. The van der Waals surface area contributed by atoms with Crippen molar-refractivity contribution in [1.29, 1.82) is 0 Å². The molecule has 17 heavy (non-hydrogen) atoms. The number of nitrogen functional groups attached to an aromatic ring is 1. The lowest BCUT2D eigenvalue weighted by Gasteiger charge is -2.23. The Labute approximate surface area is 101 Å². The summed E-state index contributed by atoms with van der Waals surface area (Å²) in [5.41, 5.74) is 6.61. The summed E-state index contributed by atoms with van der Waals surface area (Å²) in [5.74, 6) is 0.895. The van der Waals surface area contributed by atoms with E-state index in [1.54, 1.807) is 13.3 Å². The van der Waals surface area contributed by atoms with E-state index in [-0.39, 0.29) is 12.1 Å². The predicted molar refractivity (Wildman–Crippen MR) is 66.1 cm³/mol. The molecule has 2 unspecified atom stereocenters. The van der Waals surface area contributed by atoms with E-state index in [0.717, 1.165) is 18.8 Å². The number of nitrogens with zero attached hydrogens (tertiary/aromatic N) is 3. The minimum atomic E-state index is -0.268. The van der Waals surface area contributed by atoms with Crippen molar-refractivity contribution in [3.05, 3.63) is 6.20 Å². The highest BCUT2D eigenvalue weighted by molar-refractivity contribution is 5.63. The van der Waals surface area contributed by atoms with E-state index in [4.69, 9.17) is 10.5 Å². The molecular weight excluding hydrogens is 220 g/mol. The van der Waals surface area contributed by atoms with Gasteiger partial charge in [0.15, 0.2) is 5.82 Å². The van der Waals surface area contributed by atoms with Crippen LogP contribution in [0.3, 0.4) is 0 Å². The molecule has 6 heteroatoms. The third kappa shape index (κ3) is 2.37. The first-order valence-corrected chi connectivity index (χ1v) is 5.88. The maximum absolute atomic E-state index is 9.59. The molecule has 1 aromatic rings. The van der Waals surface area contributed by atoms with Gasteiger partial charge in [0, 0.05) is 20.2 Å². The third-order valence-corrected chi connectivity index (χ3v) is 3.08. The van der Waals surface area contributed by atoms with E-state index in [1.165, 1.54) is 0 Å². The Bertz CT molecular complexity index is 380. The summed E-state index contributed by atoms with van der Waals surface area (Å²) in [4.78, 5) is 2.08. The molecule has 0 aromatic carbocycles. The van der Waals surface area contributed by atoms with E-state index in [1.807, 2.05) is 11.6 Å². The van der Waals surface area contributed by atoms with Gasteiger partial charge in [-0.2, -0.15) is 5.10 Å². The van der Waals surface area contributed by atoms with Crippen LogP contribution in [0.2, 0.25) is 0 Å². The Hall–Kier alpha value is -1.27. The molecule has 1 aliphatic rings. The maximum Gasteiger partial charge on any atom is 0.150 e. The second-order valence-corrected chi connectivity index (χ2v) is 4.56. The highest BCUT2D eigenvalue weighted by Gasteiger charge is 2.26. The number of aromatic nitrogens is 2. The summed E-state index contributed by atoms with van der Waals surface area (Å²) in [7, 11) is 1.67. The summed E-state index contributed by atoms with van der Waals surface area (Å²) in [6.45, 7) is 4.06. The van der Waals surface area contributed by atoms with Gasteiger partial charge in [0.25, 0.3) is 0 Å². The molecule has 0 amide bonds. The lowest BCUT2D eigenvalue weighted by Crippen LogP contribution is -2.27. The van der Waals surface area contributed by atoms with Crippen molar-refractivity contribution >= 4 is 11.5 Å². The first-order chi connectivity index (χ1) is 8.13. The van der Waals surface area contributed by atoms with Crippen LogP contribution in [-0.4, -0.2) is 47.8 Å². The van der Waals surface area contributed by atoms with Gasteiger partial charge in [0.05, 0.1) is 30.6 Å². The van der Waals surface area contributed by atoms with Gasteiger partial charge in [-0.05, 0) is 13.3 Å². The first kappa shape index (κ1) is 12.2. The molecule has 0 radical (unpaired) electrons. The molecule has 1 fully saturated rings. The average Bonchev–Trinajstić information content (AvgIpc) is 2.85. The Kier molecular flexibility index (Phi) is 3.54. The van der Waals surface area contributed by atoms with E-state index in [2.05, 4.69) is 10.00 Å². The molecule has 96 valence electrons. The highest BCUT2D eigenvalue weighted by atomic mass is 16.5. The van der Waals surface area contributed by atoms with E-state index < -0.39 is 0 Å². The maximum atomic E-state index is 9.59. The Balaban J connectivity index is 2.23. The van der Waals surface area contributed by atoms with Gasteiger partial charge >= 0.3 is 0 Å². The molecule has 1 saturated heterocycles. The second kappa shape index (κ2) is 4.93. The molecule has 0 aliphatic carbocycles. The minimum absolute atomic E-state index is 0.130. The average molecular weight is 240 g/mol. The number of aliphatic hydroxyl groups excluding tert-OH is 1. The van der Waals surface area contributed by atoms with Crippen LogP contribution in [0, 0.1) is 0 Å². The van der Waals surface area contributed by atoms with Crippen LogP contribution >= 0.6 is 0 Å². The molecule has 1 aromatic heterocycles. The smallest absolute Gasteiger partial charge is 0.150 e. The molecule has 0 spiro atoms. The van der Waals surface area contributed by atoms with Crippen LogP contribution in [-0.2, 0) is 4.74 Å². The molecule has 0 saturated carbocycles. The Morgan fingerprint density at radius 1 is 1.71 bits per heavy atom. The standard InChI is InChI=1S/C11H20N4O2/c1-8(7-17-2)15-11(10(12)5-13-15)14-4-3-9(16)6-14/h5,8-9,16H,3-4,6-7,12H2,1-2H3. The number of ether oxygens (including phenoxy) is 1. The van der Waals surface area contributed by atoms with Crippen molar-refractivity contribution < 1.29 is 9.84 Å². The van der Waals surface area contributed by atoms with E-state index in [9.17, 15) is 5.11 Å². The Morgan fingerprint density at radius 3 is 3.06 bits per heavy atom. The van der Waals surface area contributed by atoms with Crippen molar-refractivity contribution in [1.82, 2.24) is 9.78 Å². The SMILES string of the molecule is COCC(C)n1ncc(N)c1N1CCC(O)C1. The number of hydrogen-bond donors (Lipinski definition) is 2. The highest BCUT2D eigenvalue weighted by Crippen LogP contribution is 2.29. The van der Waals surface area contributed by atoms with Crippen LogP contribution in [0.5, 0.6) is 0 Å². The largest absolute Gasteiger partial charge is 0.394 e. The van der Waals surface area contributed by atoms with Crippen molar-refractivity contribution in [2.45, 2.75) is 25.5 Å².